The van der Waals surface area contributed by atoms with Crippen LogP contribution in [0.5, 0.6) is 0 Å². The minimum Gasteiger partial charge on any atom is -0.376 e. The first kappa shape index (κ1) is 16.4. The largest absolute Gasteiger partial charge is 0.376 e. The van der Waals surface area contributed by atoms with Crippen molar-refractivity contribution in [3.05, 3.63) is 30.1 Å². The average Bonchev–Trinajstić information content (AvgIpc) is 3.04. The van der Waals surface area contributed by atoms with Crippen LogP contribution in [0.4, 0.5) is 0 Å². The highest BCUT2D eigenvalue weighted by Crippen LogP contribution is 2.17. The third-order valence-electron chi connectivity index (χ3n) is 3.83. The Labute approximate surface area is 130 Å². The van der Waals surface area contributed by atoms with E-state index >= 15 is 0 Å². The molecule has 6 heteroatoms. The van der Waals surface area contributed by atoms with Gasteiger partial charge in [-0.25, -0.2) is 0 Å². The zero-order valence-electron chi connectivity index (χ0n) is 13.1. The number of pyridine rings is 1. The molecule has 0 bridgehead atoms. The lowest BCUT2D eigenvalue weighted by Crippen LogP contribution is -2.49. The van der Waals surface area contributed by atoms with Gasteiger partial charge in [0.25, 0.3) is 0 Å². The van der Waals surface area contributed by atoms with Crippen LogP contribution in [-0.2, 0) is 20.9 Å². The second kappa shape index (κ2) is 7.35. The standard InChI is InChI=1S/C16H23N3O3/c1-16(2,15(21)19-11-13-6-4-8-22-13)14(20)18-10-12-5-3-7-17-9-12/h3,5,7,9,13H,4,6,8,10-11H2,1-2H3,(H,18,20)(H,19,21). The Morgan fingerprint density at radius 2 is 2.14 bits per heavy atom. The predicted octanol–water partition coefficient (Wildman–Crippen LogP) is 1.02. The van der Waals surface area contributed by atoms with Gasteiger partial charge in [-0.2, -0.15) is 0 Å². The molecule has 1 aliphatic heterocycles. The number of nitrogens with zero attached hydrogens (tertiary/aromatic N) is 1. The lowest BCUT2D eigenvalue weighted by Gasteiger charge is -2.23. The first-order valence-electron chi connectivity index (χ1n) is 7.57. The highest BCUT2D eigenvalue weighted by molar-refractivity contribution is 6.04. The molecule has 1 aromatic rings. The zero-order chi connectivity index (χ0) is 16.0. The first-order valence-corrected chi connectivity index (χ1v) is 7.57. The molecule has 6 nitrogen and oxygen atoms in total. The fourth-order valence-electron chi connectivity index (χ4n) is 2.24. The third-order valence-corrected chi connectivity index (χ3v) is 3.83. The number of hydrogen-bond donors (Lipinski definition) is 2. The number of carbonyl (C=O) groups is 2. The van der Waals surface area contributed by atoms with Gasteiger partial charge in [0.05, 0.1) is 6.10 Å². The summed E-state index contributed by atoms with van der Waals surface area (Å²) in [5.41, 5.74) is -0.229. The molecule has 2 rings (SSSR count). The highest BCUT2D eigenvalue weighted by Gasteiger charge is 2.36. The molecule has 0 spiro atoms. The molecule has 1 atom stereocenters. The van der Waals surface area contributed by atoms with Crippen molar-refractivity contribution in [2.24, 2.45) is 5.41 Å². The van der Waals surface area contributed by atoms with Crippen LogP contribution in [0.25, 0.3) is 0 Å². The summed E-state index contributed by atoms with van der Waals surface area (Å²) in [6, 6.07) is 3.68. The summed E-state index contributed by atoms with van der Waals surface area (Å²) in [6.07, 6.45) is 5.40. The second-order valence-electron chi connectivity index (χ2n) is 6.01. The van der Waals surface area contributed by atoms with Crippen LogP contribution in [-0.4, -0.2) is 36.1 Å². The van der Waals surface area contributed by atoms with E-state index in [2.05, 4.69) is 15.6 Å². The average molecular weight is 305 g/mol. The van der Waals surface area contributed by atoms with Crippen LogP contribution in [0.2, 0.25) is 0 Å². The van der Waals surface area contributed by atoms with Crippen molar-refractivity contribution in [1.29, 1.82) is 0 Å². The van der Waals surface area contributed by atoms with Crippen molar-refractivity contribution in [3.63, 3.8) is 0 Å². The summed E-state index contributed by atoms with van der Waals surface area (Å²) >= 11 is 0. The normalized spacial score (nSPS) is 18.0. The minimum atomic E-state index is -1.12. The Bertz CT molecular complexity index is 511. The summed E-state index contributed by atoms with van der Waals surface area (Å²) in [7, 11) is 0. The van der Waals surface area contributed by atoms with Crippen LogP contribution in [0.3, 0.4) is 0 Å². The van der Waals surface area contributed by atoms with E-state index in [4.69, 9.17) is 4.74 Å². The summed E-state index contributed by atoms with van der Waals surface area (Å²) in [5, 5.41) is 5.58. The van der Waals surface area contributed by atoms with Gasteiger partial charge in [-0.1, -0.05) is 6.07 Å². The van der Waals surface area contributed by atoms with E-state index in [0.717, 1.165) is 25.0 Å². The maximum atomic E-state index is 12.3. The molecule has 0 saturated carbocycles. The van der Waals surface area contributed by atoms with Gasteiger partial charge >= 0.3 is 0 Å². The molecule has 1 saturated heterocycles. The molecule has 120 valence electrons. The topological polar surface area (TPSA) is 80.3 Å². The van der Waals surface area contributed by atoms with Gasteiger partial charge in [0, 0.05) is 32.1 Å². The maximum Gasteiger partial charge on any atom is 0.235 e. The smallest absolute Gasteiger partial charge is 0.235 e. The first-order chi connectivity index (χ1) is 10.5. The Morgan fingerprint density at radius 1 is 1.36 bits per heavy atom. The predicted molar refractivity (Wildman–Crippen MR) is 81.8 cm³/mol. The van der Waals surface area contributed by atoms with Crippen molar-refractivity contribution < 1.29 is 14.3 Å². The molecule has 1 aromatic heterocycles. The van der Waals surface area contributed by atoms with Gasteiger partial charge in [-0.3, -0.25) is 14.6 Å². The second-order valence-corrected chi connectivity index (χ2v) is 6.01. The molecule has 2 heterocycles. The summed E-state index contributed by atoms with van der Waals surface area (Å²) in [4.78, 5) is 28.5. The summed E-state index contributed by atoms with van der Waals surface area (Å²) < 4.78 is 5.46. The summed E-state index contributed by atoms with van der Waals surface area (Å²) in [6.45, 7) is 4.80. The van der Waals surface area contributed by atoms with E-state index in [9.17, 15) is 9.59 Å². The number of carbonyl (C=O) groups excluding carboxylic acids is 2. The lowest BCUT2D eigenvalue weighted by atomic mass is 9.91. The number of ether oxygens (including phenoxy) is 1. The van der Waals surface area contributed by atoms with E-state index < -0.39 is 5.41 Å². The van der Waals surface area contributed by atoms with Gasteiger partial charge in [-0.05, 0) is 38.3 Å². The molecule has 1 unspecified atom stereocenters. The fraction of sp³-hybridized carbons (Fsp3) is 0.562. The Balaban J connectivity index is 1.81. The summed E-state index contributed by atoms with van der Waals surface area (Å²) in [5.74, 6) is -0.590. The van der Waals surface area contributed by atoms with Crippen molar-refractivity contribution in [1.82, 2.24) is 15.6 Å². The van der Waals surface area contributed by atoms with Crippen molar-refractivity contribution in [3.8, 4) is 0 Å². The molecule has 2 amide bonds. The van der Waals surface area contributed by atoms with E-state index in [-0.39, 0.29) is 17.9 Å². The van der Waals surface area contributed by atoms with Crippen LogP contribution in [0.1, 0.15) is 32.3 Å². The molecule has 1 aliphatic rings. The molecular weight excluding hydrogens is 282 g/mol. The number of hydrogen-bond acceptors (Lipinski definition) is 4. The molecular formula is C16H23N3O3. The minimum absolute atomic E-state index is 0.0678. The number of nitrogens with one attached hydrogen (secondary N) is 2. The number of aromatic nitrogens is 1. The maximum absolute atomic E-state index is 12.3. The zero-order valence-corrected chi connectivity index (χ0v) is 13.1. The van der Waals surface area contributed by atoms with Gasteiger partial charge in [-0.15, -0.1) is 0 Å². The SMILES string of the molecule is CC(C)(C(=O)NCc1cccnc1)C(=O)NCC1CCCO1. The monoisotopic (exact) mass is 305 g/mol. The van der Waals surface area contributed by atoms with E-state index in [1.165, 1.54) is 0 Å². The molecule has 0 radical (unpaired) electrons. The Morgan fingerprint density at radius 3 is 2.77 bits per heavy atom. The van der Waals surface area contributed by atoms with Gasteiger partial charge < -0.3 is 15.4 Å². The van der Waals surface area contributed by atoms with Crippen molar-refractivity contribution >= 4 is 11.8 Å². The lowest BCUT2D eigenvalue weighted by molar-refractivity contribution is -0.141. The molecule has 1 fully saturated rings. The van der Waals surface area contributed by atoms with Gasteiger partial charge in [0.15, 0.2) is 0 Å². The van der Waals surface area contributed by atoms with Crippen LogP contribution in [0, 0.1) is 5.41 Å². The van der Waals surface area contributed by atoms with Crippen molar-refractivity contribution in [2.45, 2.75) is 39.3 Å². The Hall–Kier alpha value is -1.95. The quantitative estimate of drug-likeness (QED) is 0.769. The highest BCUT2D eigenvalue weighted by atomic mass is 16.5. The van der Waals surface area contributed by atoms with Crippen LogP contribution < -0.4 is 10.6 Å². The van der Waals surface area contributed by atoms with Gasteiger partial charge in [0.2, 0.25) is 11.8 Å². The number of amides is 2. The van der Waals surface area contributed by atoms with Gasteiger partial charge in [0.1, 0.15) is 5.41 Å². The van der Waals surface area contributed by atoms with E-state index in [0.29, 0.717) is 13.1 Å². The Kier molecular flexibility index (Phi) is 5.49. The van der Waals surface area contributed by atoms with Crippen LogP contribution in [0.15, 0.2) is 24.5 Å². The van der Waals surface area contributed by atoms with Crippen molar-refractivity contribution in [2.75, 3.05) is 13.2 Å². The number of rotatable bonds is 6. The fourth-order valence-corrected chi connectivity index (χ4v) is 2.24. The van der Waals surface area contributed by atoms with Crippen LogP contribution >= 0.6 is 0 Å². The third kappa shape index (κ3) is 4.27. The van der Waals surface area contributed by atoms with E-state index in [1.54, 1.807) is 32.3 Å². The molecule has 2 N–H and O–H groups in total. The molecule has 22 heavy (non-hydrogen) atoms. The molecule has 0 aromatic carbocycles. The van der Waals surface area contributed by atoms with E-state index in [1.807, 2.05) is 6.07 Å². The molecule has 0 aliphatic carbocycles.